The van der Waals surface area contributed by atoms with Crippen molar-refractivity contribution in [2.75, 3.05) is 13.2 Å². The molecule has 0 aromatic heterocycles. The summed E-state index contributed by atoms with van der Waals surface area (Å²) in [5.74, 6) is 0. The molecule has 37 valence electrons. The van der Waals surface area contributed by atoms with E-state index in [-0.39, 0.29) is 0 Å². The minimum absolute atomic E-state index is 0.427. The van der Waals surface area contributed by atoms with Gasteiger partial charge in [0, 0.05) is 0 Å². The second kappa shape index (κ2) is 3.08. The van der Waals surface area contributed by atoms with Gasteiger partial charge in [-0.2, -0.15) is 0 Å². The Labute approximate surface area is 35.9 Å². The predicted octanol–water partition coefficient (Wildman–Crippen LogP) is -1.23. The summed E-state index contributed by atoms with van der Waals surface area (Å²) in [6, 6.07) is 0. The molecule has 6 heavy (non-hydrogen) atoms. The van der Waals surface area contributed by atoms with Gasteiger partial charge in [0.1, 0.15) is 12.7 Å². The van der Waals surface area contributed by atoms with Gasteiger partial charge in [-0.15, -0.1) is 0 Å². The third-order valence-corrected chi connectivity index (χ3v) is 0.403. The zero-order chi connectivity index (χ0) is 4.99. The molecular weight excluding hydrogens is 84.0 g/mol. The fraction of sp³-hybridized carbons (Fsp3) is 1.00. The van der Waals surface area contributed by atoms with Crippen LogP contribution in [0.15, 0.2) is 0 Å². The molecule has 0 aromatic carbocycles. The van der Waals surface area contributed by atoms with E-state index in [9.17, 15) is 5.11 Å². The first-order valence-corrected chi connectivity index (χ1v) is 1.68. The molecule has 3 nitrogen and oxygen atoms in total. The highest BCUT2D eigenvalue weighted by atomic mass is 16.3. The largest absolute Gasteiger partial charge is 0.394 e. The van der Waals surface area contributed by atoms with Crippen LogP contribution in [0.1, 0.15) is 0 Å². The van der Waals surface area contributed by atoms with Crippen molar-refractivity contribution in [3.8, 4) is 0 Å². The molecule has 0 saturated heterocycles. The molecule has 0 aromatic rings. The molecular formula is C3H7O3. The lowest BCUT2D eigenvalue weighted by molar-refractivity contribution is 0.0177. The quantitative estimate of drug-likeness (QED) is 0.447. The van der Waals surface area contributed by atoms with Gasteiger partial charge in [-0.25, -0.2) is 5.11 Å². The van der Waals surface area contributed by atoms with Crippen LogP contribution in [-0.4, -0.2) is 29.5 Å². The van der Waals surface area contributed by atoms with Crippen LogP contribution in [0.4, 0.5) is 0 Å². The summed E-state index contributed by atoms with van der Waals surface area (Å²) in [6.45, 7) is -1.04. The number of hydrogen-bond donors (Lipinski definition) is 2. The van der Waals surface area contributed by atoms with Gasteiger partial charge in [0.2, 0.25) is 0 Å². The van der Waals surface area contributed by atoms with E-state index in [0.29, 0.717) is 0 Å². The van der Waals surface area contributed by atoms with E-state index >= 15 is 0 Å². The minimum atomic E-state index is -1.06. The highest BCUT2D eigenvalue weighted by Crippen LogP contribution is 1.72. The summed E-state index contributed by atoms with van der Waals surface area (Å²) in [7, 11) is 0. The van der Waals surface area contributed by atoms with Crippen molar-refractivity contribution in [2.24, 2.45) is 0 Å². The zero-order valence-corrected chi connectivity index (χ0v) is 3.29. The van der Waals surface area contributed by atoms with Crippen LogP contribution in [0.5, 0.6) is 0 Å². The Bertz CT molecular complexity index is 25.2. The number of aliphatic hydroxyl groups excluding tert-OH is 2. The van der Waals surface area contributed by atoms with E-state index in [4.69, 9.17) is 10.2 Å². The first-order valence-electron chi connectivity index (χ1n) is 1.68. The molecule has 1 radical (unpaired) electrons. The lowest BCUT2D eigenvalue weighted by atomic mass is 10.4. The first kappa shape index (κ1) is 5.88. The van der Waals surface area contributed by atoms with Crippen molar-refractivity contribution in [2.45, 2.75) is 6.10 Å². The fourth-order valence-electron chi connectivity index (χ4n) is 0.0527. The van der Waals surface area contributed by atoms with Crippen molar-refractivity contribution in [3.05, 3.63) is 0 Å². The second-order valence-electron chi connectivity index (χ2n) is 1.00. The van der Waals surface area contributed by atoms with Gasteiger partial charge in [-0.3, -0.25) is 0 Å². The summed E-state index contributed by atoms with van der Waals surface area (Å²) in [4.78, 5) is 0. The third-order valence-electron chi connectivity index (χ3n) is 0.403. The van der Waals surface area contributed by atoms with Crippen molar-refractivity contribution >= 4 is 0 Å². The summed E-state index contributed by atoms with van der Waals surface area (Å²) in [6.07, 6.45) is -1.06. The van der Waals surface area contributed by atoms with Gasteiger partial charge in [0.25, 0.3) is 0 Å². The molecule has 3 heteroatoms. The van der Waals surface area contributed by atoms with E-state index in [1.165, 1.54) is 0 Å². The highest BCUT2D eigenvalue weighted by Gasteiger charge is 1.95. The molecule has 0 aliphatic rings. The molecule has 0 heterocycles. The Hall–Kier alpha value is -0.120. The maximum absolute atomic E-state index is 9.45. The van der Waals surface area contributed by atoms with Crippen molar-refractivity contribution in [1.29, 1.82) is 0 Å². The summed E-state index contributed by atoms with van der Waals surface area (Å²) in [5, 5.41) is 25.4. The van der Waals surface area contributed by atoms with Crippen LogP contribution in [-0.2, 0) is 5.11 Å². The fourth-order valence-corrected chi connectivity index (χ4v) is 0.0527. The molecule has 0 aliphatic carbocycles. The SMILES string of the molecule is [O]CC(O)CO. The van der Waals surface area contributed by atoms with Gasteiger partial charge >= 0.3 is 0 Å². The monoisotopic (exact) mass is 91.0 g/mol. The minimum Gasteiger partial charge on any atom is -0.394 e. The Morgan fingerprint density at radius 3 is 2.17 bits per heavy atom. The molecule has 0 aliphatic heterocycles. The van der Waals surface area contributed by atoms with Crippen molar-refractivity contribution in [3.63, 3.8) is 0 Å². The average molecular weight is 91.1 g/mol. The molecule has 2 N–H and O–H groups in total. The van der Waals surface area contributed by atoms with Gasteiger partial charge < -0.3 is 10.2 Å². The van der Waals surface area contributed by atoms with Crippen LogP contribution < -0.4 is 0 Å². The van der Waals surface area contributed by atoms with Crippen molar-refractivity contribution in [1.82, 2.24) is 0 Å². The number of rotatable bonds is 2. The predicted molar refractivity (Wildman–Crippen MR) is 18.6 cm³/mol. The first-order chi connectivity index (χ1) is 2.81. The van der Waals surface area contributed by atoms with Gasteiger partial charge in [-0.1, -0.05) is 0 Å². The molecule has 0 rings (SSSR count). The number of hydrogen-bond acceptors (Lipinski definition) is 2. The Balaban J connectivity index is 2.75. The van der Waals surface area contributed by atoms with Gasteiger partial charge in [0.15, 0.2) is 0 Å². The number of aliphatic hydroxyl groups is 2. The topological polar surface area (TPSA) is 60.4 Å². The van der Waals surface area contributed by atoms with E-state index in [1.54, 1.807) is 0 Å². The summed E-state index contributed by atoms with van der Waals surface area (Å²) in [5.41, 5.74) is 0. The lowest BCUT2D eigenvalue weighted by Gasteiger charge is -1.95. The van der Waals surface area contributed by atoms with Crippen LogP contribution >= 0.6 is 0 Å². The highest BCUT2D eigenvalue weighted by molar-refractivity contribution is 4.43. The van der Waals surface area contributed by atoms with Gasteiger partial charge in [0.05, 0.1) is 6.61 Å². The molecule has 0 fully saturated rings. The van der Waals surface area contributed by atoms with Gasteiger partial charge in [-0.05, 0) is 0 Å². The van der Waals surface area contributed by atoms with Crippen LogP contribution in [0.2, 0.25) is 0 Å². The molecule has 0 amide bonds. The second-order valence-corrected chi connectivity index (χ2v) is 1.00. The molecule has 1 atom stereocenters. The molecule has 0 saturated carbocycles. The summed E-state index contributed by atoms with van der Waals surface area (Å²) < 4.78 is 0. The van der Waals surface area contributed by atoms with Crippen LogP contribution in [0, 0.1) is 0 Å². The average Bonchev–Trinajstić information content (AvgIpc) is 1.65. The Morgan fingerprint density at radius 2 is 2.17 bits per heavy atom. The van der Waals surface area contributed by atoms with E-state index < -0.39 is 19.3 Å². The molecule has 0 spiro atoms. The smallest absolute Gasteiger partial charge is 0.110 e. The lowest BCUT2D eigenvalue weighted by Crippen LogP contribution is -2.15. The molecule has 1 unspecified atom stereocenters. The maximum atomic E-state index is 9.45. The van der Waals surface area contributed by atoms with Crippen LogP contribution in [0.25, 0.3) is 0 Å². The maximum Gasteiger partial charge on any atom is 0.110 e. The van der Waals surface area contributed by atoms with E-state index in [0.717, 1.165) is 0 Å². The van der Waals surface area contributed by atoms with Crippen molar-refractivity contribution < 1.29 is 15.3 Å². The molecule has 0 bridgehead atoms. The standard InChI is InChI=1S/C3H7O3/c4-1-3(6)2-5/h3-4,6H,1-2H2. The normalized spacial score (nSPS) is 10.0. The Kier molecular flexibility index (Phi) is 3.02. The Morgan fingerprint density at radius 1 is 1.67 bits per heavy atom. The third kappa shape index (κ3) is 2.14. The summed E-state index contributed by atoms with van der Waals surface area (Å²) >= 11 is 0. The van der Waals surface area contributed by atoms with E-state index in [1.807, 2.05) is 0 Å². The van der Waals surface area contributed by atoms with Crippen LogP contribution in [0.3, 0.4) is 0 Å². The van der Waals surface area contributed by atoms with E-state index in [2.05, 4.69) is 0 Å². The zero-order valence-electron chi connectivity index (χ0n) is 3.29.